The van der Waals surface area contributed by atoms with Crippen LogP contribution in [0.4, 0.5) is 11.5 Å². The minimum absolute atomic E-state index is 0.0344. The van der Waals surface area contributed by atoms with Crippen molar-refractivity contribution in [3.8, 4) is 0 Å². The largest absolute Gasteiger partial charge is 0.350 e. The highest BCUT2D eigenvalue weighted by atomic mass is 35.5. The van der Waals surface area contributed by atoms with Gasteiger partial charge in [0.25, 0.3) is 0 Å². The third-order valence-corrected chi connectivity index (χ3v) is 4.94. The third-order valence-electron chi connectivity index (χ3n) is 3.01. The lowest BCUT2D eigenvalue weighted by atomic mass is 10.2. The van der Waals surface area contributed by atoms with Crippen molar-refractivity contribution in [3.05, 3.63) is 21.6 Å². The summed E-state index contributed by atoms with van der Waals surface area (Å²) in [6.45, 7) is 0. The molecule has 2 rings (SSSR count). The molecule has 2 heterocycles. The summed E-state index contributed by atoms with van der Waals surface area (Å²) < 4.78 is 22.9. The predicted molar refractivity (Wildman–Crippen MR) is 69.2 cm³/mol. The molecule has 10 heteroatoms. The maximum Gasteiger partial charge on any atom is 0.329 e. The molecule has 1 aliphatic heterocycles. The Hall–Kier alpha value is -1.48. The number of hydrogen-bond acceptors (Lipinski definition) is 7. The van der Waals surface area contributed by atoms with Crippen molar-refractivity contribution in [3.63, 3.8) is 0 Å². The van der Waals surface area contributed by atoms with Gasteiger partial charge in [-0.25, -0.2) is 13.4 Å². The highest BCUT2D eigenvalue weighted by molar-refractivity contribution is 7.91. The maximum atomic E-state index is 11.4. The average molecular weight is 307 g/mol. The van der Waals surface area contributed by atoms with Crippen LogP contribution in [-0.2, 0) is 9.84 Å². The van der Waals surface area contributed by atoms with Gasteiger partial charge in [0, 0.05) is 13.1 Å². The summed E-state index contributed by atoms with van der Waals surface area (Å²) in [6.07, 6.45) is 1.43. The molecule has 0 N–H and O–H groups in total. The zero-order valence-corrected chi connectivity index (χ0v) is 11.6. The number of aromatic nitrogens is 2. The van der Waals surface area contributed by atoms with Crippen LogP contribution in [-0.4, -0.2) is 47.9 Å². The predicted octanol–water partition coefficient (Wildman–Crippen LogP) is 0.661. The molecule has 0 radical (unpaired) electrons. The van der Waals surface area contributed by atoms with Gasteiger partial charge in [0.2, 0.25) is 11.1 Å². The quantitative estimate of drug-likeness (QED) is 0.458. The van der Waals surface area contributed by atoms with E-state index in [9.17, 15) is 18.5 Å². The number of anilines is 1. The normalized spacial score (nSPS) is 21.3. The standard InChI is InChI=1S/C9H11ClN4O4S/c1-13(6-2-3-19(17,18)5-6)8-7(14(15)16)4-11-9(10)12-8/h4,6H,2-3,5H2,1H3. The number of sulfone groups is 1. The van der Waals surface area contributed by atoms with Gasteiger partial charge in [0.1, 0.15) is 6.20 Å². The van der Waals surface area contributed by atoms with Gasteiger partial charge >= 0.3 is 5.69 Å². The second-order valence-corrected chi connectivity index (χ2v) is 6.84. The fourth-order valence-corrected chi connectivity index (χ4v) is 3.89. The third kappa shape index (κ3) is 2.92. The Morgan fingerprint density at radius 2 is 2.26 bits per heavy atom. The highest BCUT2D eigenvalue weighted by Crippen LogP contribution is 2.29. The van der Waals surface area contributed by atoms with E-state index >= 15 is 0 Å². The van der Waals surface area contributed by atoms with Crippen LogP contribution in [0.5, 0.6) is 0 Å². The van der Waals surface area contributed by atoms with Crippen LogP contribution < -0.4 is 4.90 Å². The molecule has 1 atom stereocenters. The van der Waals surface area contributed by atoms with Crippen LogP contribution in [0.25, 0.3) is 0 Å². The Morgan fingerprint density at radius 1 is 1.58 bits per heavy atom. The van der Waals surface area contributed by atoms with Crippen molar-refractivity contribution < 1.29 is 13.3 Å². The van der Waals surface area contributed by atoms with Crippen molar-refractivity contribution in [1.82, 2.24) is 9.97 Å². The Morgan fingerprint density at radius 3 is 2.79 bits per heavy atom. The van der Waals surface area contributed by atoms with Crippen LogP contribution in [0.2, 0.25) is 5.28 Å². The minimum atomic E-state index is -3.08. The van der Waals surface area contributed by atoms with Crippen LogP contribution in [0.15, 0.2) is 6.20 Å². The molecule has 1 unspecified atom stereocenters. The van der Waals surface area contributed by atoms with E-state index in [1.54, 1.807) is 7.05 Å². The summed E-state index contributed by atoms with van der Waals surface area (Å²) in [5.74, 6) is 0.0729. The fourth-order valence-electron chi connectivity index (χ4n) is 1.99. The molecule has 0 saturated carbocycles. The molecule has 0 spiro atoms. The Bertz CT molecular complexity index is 621. The van der Waals surface area contributed by atoms with Gasteiger partial charge < -0.3 is 4.90 Å². The molecule has 0 aromatic carbocycles. The lowest BCUT2D eigenvalue weighted by Crippen LogP contribution is -2.33. The van der Waals surface area contributed by atoms with E-state index in [0.717, 1.165) is 6.20 Å². The zero-order valence-electron chi connectivity index (χ0n) is 9.98. The van der Waals surface area contributed by atoms with E-state index in [2.05, 4.69) is 9.97 Å². The molecule has 19 heavy (non-hydrogen) atoms. The molecule has 1 saturated heterocycles. The first-order valence-electron chi connectivity index (χ1n) is 5.40. The van der Waals surface area contributed by atoms with Crippen LogP contribution >= 0.6 is 11.6 Å². The molecule has 104 valence electrons. The summed E-state index contributed by atoms with van der Waals surface area (Å²) >= 11 is 5.64. The molecule has 1 aliphatic rings. The SMILES string of the molecule is CN(c1nc(Cl)ncc1[N+](=O)[O-])C1CCS(=O)(=O)C1. The monoisotopic (exact) mass is 306 g/mol. The van der Waals surface area contributed by atoms with Crippen molar-refractivity contribution in [2.75, 3.05) is 23.5 Å². The van der Waals surface area contributed by atoms with Gasteiger partial charge in [-0.2, -0.15) is 4.98 Å². The number of nitro groups is 1. The van der Waals surface area contributed by atoms with Gasteiger partial charge in [-0.15, -0.1) is 0 Å². The highest BCUT2D eigenvalue weighted by Gasteiger charge is 2.34. The van der Waals surface area contributed by atoms with Gasteiger partial charge in [-0.05, 0) is 18.0 Å². The smallest absolute Gasteiger partial charge is 0.329 e. The number of nitrogens with zero attached hydrogens (tertiary/aromatic N) is 4. The Kier molecular flexibility index (Phi) is 3.59. The number of hydrogen-bond donors (Lipinski definition) is 0. The molecule has 0 amide bonds. The zero-order chi connectivity index (χ0) is 14.2. The minimum Gasteiger partial charge on any atom is -0.350 e. The first kappa shape index (κ1) is 13.9. The van der Waals surface area contributed by atoms with Gasteiger partial charge in [0.15, 0.2) is 9.84 Å². The first-order chi connectivity index (χ1) is 8.80. The fraction of sp³-hybridized carbons (Fsp3) is 0.556. The number of rotatable bonds is 3. The van der Waals surface area contributed by atoms with Gasteiger partial charge in [0.05, 0.1) is 16.4 Å². The first-order valence-corrected chi connectivity index (χ1v) is 7.60. The second-order valence-electron chi connectivity index (χ2n) is 4.27. The molecule has 1 fully saturated rings. The average Bonchev–Trinajstić information content (AvgIpc) is 2.68. The van der Waals surface area contributed by atoms with E-state index in [-0.39, 0.29) is 34.3 Å². The number of halogens is 1. The second kappa shape index (κ2) is 4.89. The molecule has 8 nitrogen and oxygen atoms in total. The van der Waals surface area contributed by atoms with E-state index < -0.39 is 14.8 Å². The Balaban J connectivity index is 2.36. The van der Waals surface area contributed by atoms with E-state index in [1.807, 2.05) is 0 Å². The van der Waals surface area contributed by atoms with Crippen molar-refractivity contribution in [2.45, 2.75) is 12.5 Å². The summed E-state index contributed by atoms with van der Waals surface area (Å²) in [5, 5.41) is 10.8. The molecule has 0 aliphatic carbocycles. The Labute approximate surface area is 114 Å². The maximum absolute atomic E-state index is 11.4. The summed E-state index contributed by atoms with van der Waals surface area (Å²) in [4.78, 5) is 19.2. The molecule has 1 aromatic rings. The molecular formula is C9H11ClN4O4S. The summed E-state index contributed by atoms with van der Waals surface area (Å²) in [6, 6.07) is -0.338. The molecular weight excluding hydrogens is 296 g/mol. The lowest BCUT2D eigenvalue weighted by Gasteiger charge is -2.23. The van der Waals surface area contributed by atoms with Crippen molar-refractivity contribution in [1.29, 1.82) is 0 Å². The van der Waals surface area contributed by atoms with E-state index in [0.29, 0.717) is 6.42 Å². The van der Waals surface area contributed by atoms with Crippen LogP contribution in [0, 0.1) is 10.1 Å². The van der Waals surface area contributed by atoms with Gasteiger partial charge in [-0.3, -0.25) is 10.1 Å². The van der Waals surface area contributed by atoms with Crippen LogP contribution in [0.3, 0.4) is 0 Å². The van der Waals surface area contributed by atoms with Crippen molar-refractivity contribution in [2.24, 2.45) is 0 Å². The van der Waals surface area contributed by atoms with Crippen molar-refractivity contribution >= 4 is 32.9 Å². The van der Waals surface area contributed by atoms with Gasteiger partial charge in [-0.1, -0.05) is 0 Å². The van der Waals surface area contributed by atoms with E-state index in [4.69, 9.17) is 11.6 Å². The lowest BCUT2D eigenvalue weighted by molar-refractivity contribution is -0.384. The topological polar surface area (TPSA) is 106 Å². The summed E-state index contributed by atoms with van der Waals surface area (Å²) in [5.41, 5.74) is -0.295. The summed E-state index contributed by atoms with van der Waals surface area (Å²) in [7, 11) is -1.51. The van der Waals surface area contributed by atoms with E-state index in [1.165, 1.54) is 4.90 Å². The molecule has 1 aromatic heterocycles. The van der Waals surface area contributed by atoms with Crippen LogP contribution in [0.1, 0.15) is 6.42 Å². The molecule has 0 bridgehead atoms.